The molecule has 1 aliphatic carbocycles. The predicted octanol–water partition coefficient (Wildman–Crippen LogP) is 13.6. The van der Waals surface area contributed by atoms with Crippen LogP contribution in [-0.2, 0) is 31.1 Å². The Kier molecular flexibility index (Phi) is 10.8. The molecule has 0 unspecified atom stereocenters. The van der Waals surface area contributed by atoms with E-state index in [-0.39, 0.29) is 5.41 Å². The number of hydrogen-bond donors (Lipinski definition) is 0. The van der Waals surface area contributed by atoms with Crippen molar-refractivity contribution in [3.63, 3.8) is 0 Å². The summed E-state index contributed by atoms with van der Waals surface area (Å²) in [7, 11) is 0. The van der Waals surface area contributed by atoms with Crippen LogP contribution in [0.2, 0.25) is 0 Å². The second kappa shape index (κ2) is 16.2. The average Bonchev–Trinajstić information content (AvgIpc) is 3.48. The lowest BCUT2D eigenvalue weighted by Gasteiger charge is -2.37. The highest BCUT2D eigenvalue weighted by atomic mass is 15.1. The highest BCUT2D eigenvalue weighted by molar-refractivity contribution is 5.85. The summed E-state index contributed by atoms with van der Waals surface area (Å²) in [6, 6.07) is 24.9. The van der Waals surface area contributed by atoms with Crippen LogP contribution in [0, 0.1) is 0 Å². The van der Waals surface area contributed by atoms with Crippen LogP contribution >= 0.6 is 0 Å². The first-order chi connectivity index (χ1) is 27.1. The number of fused-ring (bicyclic) bond motifs is 3. The minimum absolute atomic E-state index is 0.0682. The largest absolute Gasteiger partial charge is 0.371 e. The first-order valence-corrected chi connectivity index (χ1v) is 22.6. The zero-order chi connectivity index (χ0) is 37.2. The normalized spacial score (nSPS) is 17.8. The third-order valence-corrected chi connectivity index (χ3v) is 14.0. The van der Waals surface area contributed by atoms with Gasteiger partial charge in [-0.1, -0.05) is 126 Å². The van der Waals surface area contributed by atoms with E-state index < -0.39 is 0 Å². The third-order valence-electron chi connectivity index (χ3n) is 14.0. The Morgan fingerprint density at radius 3 is 1.22 bits per heavy atom. The summed E-state index contributed by atoms with van der Waals surface area (Å²) in [5.41, 5.74) is 21.1. The molecule has 0 fully saturated rings. The lowest BCUT2D eigenvalue weighted by molar-refractivity contribution is 0.401. The van der Waals surface area contributed by atoms with Crippen LogP contribution in [-0.4, -0.2) is 26.2 Å². The summed E-state index contributed by atoms with van der Waals surface area (Å²) in [4.78, 5) is 5.31. The van der Waals surface area contributed by atoms with Gasteiger partial charge in [0, 0.05) is 43.0 Å². The van der Waals surface area contributed by atoms with E-state index >= 15 is 0 Å². The zero-order valence-corrected chi connectivity index (χ0v) is 34.0. The Labute approximate surface area is 332 Å². The van der Waals surface area contributed by atoms with Crippen LogP contribution in [0.25, 0.3) is 35.4 Å². The molecule has 5 aliphatic rings. The van der Waals surface area contributed by atoms with E-state index in [0.29, 0.717) is 0 Å². The highest BCUT2D eigenvalue weighted by Gasteiger charge is 2.42. The van der Waals surface area contributed by atoms with E-state index in [4.69, 9.17) is 0 Å². The van der Waals surface area contributed by atoms with Gasteiger partial charge in [0.05, 0.1) is 0 Å². The summed E-state index contributed by atoms with van der Waals surface area (Å²) < 4.78 is 0. The number of nitrogens with zero attached hydrogens (tertiary/aromatic N) is 2. The predicted molar refractivity (Wildman–Crippen MR) is 239 cm³/mol. The molecule has 0 aromatic heterocycles. The molecular weight excluding hydrogens is 665 g/mol. The molecule has 2 heteroatoms. The molecule has 55 heavy (non-hydrogen) atoms. The molecule has 0 radical (unpaired) electrons. The van der Waals surface area contributed by atoms with Gasteiger partial charge in [-0.25, -0.2) is 0 Å². The van der Waals surface area contributed by atoms with Crippen molar-refractivity contribution in [2.45, 2.75) is 135 Å². The Morgan fingerprint density at radius 2 is 0.836 bits per heavy atom. The molecule has 4 aromatic rings. The SMILES string of the molecule is CCCCCCC1(CCCCCC)c2cc(/C=C/c3cc4c5c(c3)CCCN5CCC4)ccc2-c2ccc(/C=C/c3cc4c5c(c3)CCCN5CCC4)cc21. The van der Waals surface area contributed by atoms with Crippen molar-refractivity contribution < 1.29 is 0 Å². The van der Waals surface area contributed by atoms with Gasteiger partial charge in [0.15, 0.2) is 0 Å². The molecule has 4 heterocycles. The molecule has 4 aromatic carbocycles. The summed E-state index contributed by atoms with van der Waals surface area (Å²) in [6.45, 7) is 9.63. The zero-order valence-electron chi connectivity index (χ0n) is 34.0. The molecule has 0 N–H and O–H groups in total. The Morgan fingerprint density at radius 1 is 0.455 bits per heavy atom. The first-order valence-electron chi connectivity index (χ1n) is 22.6. The van der Waals surface area contributed by atoms with Gasteiger partial charge in [0.2, 0.25) is 0 Å². The van der Waals surface area contributed by atoms with Crippen molar-refractivity contribution in [3.05, 3.63) is 116 Å². The van der Waals surface area contributed by atoms with Crippen LogP contribution in [0.5, 0.6) is 0 Å². The van der Waals surface area contributed by atoms with Gasteiger partial charge in [0.25, 0.3) is 0 Å². The molecule has 0 amide bonds. The van der Waals surface area contributed by atoms with Crippen molar-refractivity contribution in [2.75, 3.05) is 36.0 Å². The number of hydrogen-bond acceptors (Lipinski definition) is 2. The van der Waals surface area contributed by atoms with E-state index in [1.54, 1.807) is 44.8 Å². The van der Waals surface area contributed by atoms with Gasteiger partial charge in [-0.15, -0.1) is 0 Å². The topological polar surface area (TPSA) is 6.48 Å². The van der Waals surface area contributed by atoms with Crippen molar-refractivity contribution in [3.8, 4) is 11.1 Å². The average molecular weight is 729 g/mol. The fourth-order valence-corrected chi connectivity index (χ4v) is 11.3. The lowest BCUT2D eigenvalue weighted by Crippen LogP contribution is -2.34. The van der Waals surface area contributed by atoms with Gasteiger partial charge >= 0.3 is 0 Å². The van der Waals surface area contributed by atoms with Gasteiger partial charge in [0.1, 0.15) is 0 Å². The quantitative estimate of drug-likeness (QED) is 0.0942. The molecule has 0 saturated carbocycles. The van der Waals surface area contributed by atoms with Gasteiger partial charge in [-0.05, 0) is 155 Å². The van der Waals surface area contributed by atoms with Crippen LogP contribution in [0.1, 0.15) is 159 Å². The fraction of sp³-hybridized carbons (Fsp3) is 0.472. The Hall–Kier alpha value is -4.04. The van der Waals surface area contributed by atoms with Crippen molar-refractivity contribution in [1.82, 2.24) is 0 Å². The number of aryl methyl sites for hydroxylation is 4. The monoisotopic (exact) mass is 729 g/mol. The van der Waals surface area contributed by atoms with Crippen LogP contribution in [0.15, 0.2) is 60.7 Å². The van der Waals surface area contributed by atoms with Crippen LogP contribution in [0.4, 0.5) is 11.4 Å². The van der Waals surface area contributed by atoms with E-state index in [1.165, 1.54) is 175 Å². The summed E-state index contributed by atoms with van der Waals surface area (Å²) in [5, 5.41) is 0. The second-order valence-electron chi connectivity index (χ2n) is 17.7. The van der Waals surface area contributed by atoms with E-state index in [0.717, 1.165) is 0 Å². The Balaban J connectivity index is 1.06. The van der Waals surface area contributed by atoms with Gasteiger partial charge in [-0.2, -0.15) is 0 Å². The third kappa shape index (κ3) is 7.24. The summed E-state index contributed by atoms with van der Waals surface area (Å²) in [6.07, 6.45) is 32.7. The van der Waals surface area contributed by atoms with Crippen molar-refractivity contribution in [1.29, 1.82) is 0 Å². The molecule has 0 atom stereocenters. The van der Waals surface area contributed by atoms with Crippen LogP contribution in [0.3, 0.4) is 0 Å². The van der Waals surface area contributed by atoms with Crippen molar-refractivity contribution in [2.24, 2.45) is 0 Å². The number of benzene rings is 4. The van der Waals surface area contributed by atoms with Gasteiger partial charge in [-0.3, -0.25) is 0 Å². The number of unbranched alkanes of at least 4 members (excludes halogenated alkanes) is 6. The van der Waals surface area contributed by atoms with Crippen LogP contribution < -0.4 is 9.80 Å². The molecule has 0 spiro atoms. The smallest absolute Gasteiger partial charge is 0.0431 e. The first kappa shape index (κ1) is 36.6. The minimum Gasteiger partial charge on any atom is -0.371 e. The van der Waals surface area contributed by atoms with E-state index in [1.807, 2.05) is 0 Å². The minimum atomic E-state index is 0.0682. The molecule has 9 rings (SSSR count). The lowest BCUT2D eigenvalue weighted by atomic mass is 9.70. The number of rotatable bonds is 14. The molecule has 2 nitrogen and oxygen atoms in total. The van der Waals surface area contributed by atoms with E-state index in [2.05, 4.69) is 109 Å². The second-order valence-corrected chi connectivity index (χ2v) is 17.7. The maximum Gasteiger partial charge on any atom is 0.0431 e. The van der Waals surface area contributed by atoms with E-state index in [9.17, 15) is 0 Å². The fourth-order valence-electron chi connectivity index (χ4n) is 11.3. The summed E-state index contributed by atoms with van der Waals surface area (Å²) >= 11 is 0. The van der Waals surface area contributed by atoms with Crippen molar-refractivity contribution >= 4 is 35.7 Å². The molecule has 4 aliphatic heterocycles. The highest BCUT2D eigenvalue weighted by Crippen LogP contribution is 2.55. The summed E-state index contributed by atoms with van der Waals surface area (Å²) in [5.74, 6) is 0. The molecule has 0 saturated heterocycles. The van der Waals surface area contributed by atoms with Gasteiger partial charge < -0.3 is 9.80 Å². The molecule has 0 bridgehead atoms. The Bertz CT molecular complexity index is 1870. The maximum atomic E-state index is 2.66. The number of anilines is 2. The standard InChI is InChI=1S/C53H64N2/c1-3-5-7-9-27-53(28-10-8-6-4-2)49-37-39(19-21-41-33-43-15-11-29-54-30-12-16-44(34-41)51(43)54)23-25-47(49)48-26-24-40(38-50(48)53)20-22-42-35-45-17-13-31-55-32-14-18-46(36-42)52(45)55/h19-26,33-38H,3-18,27-32H2,1-2H3/b21-19+,22-20+. The molecule has 286 valence electrons. The maximum absolute atomic E-state index is 2.66. The molecular formula is C53H64N2.